The summed E-state index contributed by atoms with van der Waals surface area (Å²) in [5.74, 6) is 0.849. The summed E-state index contributed by atoms with van der Waals surface area (Å²) in [7, 11) is 3.93. The van der Waals surface area contributed by atoms with Gasteiger partial charge in [-0.25, -0.2) is 9.97 Å². The second-order valence-electron chi connectivity index (χ2n) is 7.19. The Bertz CT molecular complexity index is 498. The molecule has 1 aromatic rings. The predicted octanol–water partition coefficient (Wildman–Crippen LogP) is 1.18. The average Bonchev–Trinajstić information content (AvgIpc) is 2.46. The van der Waals surface area contributed by atoms with Crippen molar-refractivity contribution in [2.45, 2.75) is 45.3 Å². The van der Waals surface area contributed by atoms with Gasteiger partial charge in [0.1, 0.15) is 0 Å². The fourth-order valence-electron chi connectivity index (χ4n) is 3.14. The number of aryl methyl sites for hydroxylation is 1. The van der Waals surface area contributed by atoms with Crippen molar-refractivity contribution in [3.05, 3.63) is 17.5 Å². The number of hydrogen-bond donors (Lipinski definition) is 2. The van der Waals surface area contributed by atoms with E-state index in [4.69, 9.17) is 4.98 Å². The third-order valence-electron chi connectivity index (χ3n) is 4.00. The lowest BCUT2D eigenvalue weighted by Crippen LogP contribution is -2.45. The van der Waals surface area contributed by atoms with Crippen LogP contribution in [0, 0.1) is 6.92 Å². The highest BCUT2D eigenvalue weighted by Crippen LogP contribution is 2.16. The van der Waals surface area contributed by atoms with Crippen LogP contribution >= 0.6 is 0 Å². The van der Waals surface area contributed by atoms with Gasteiger partial charge in [-0.2, -0.15) is 0 Å². The fraction of sp³-hybridized carbons (Fsp3) is 0.765. The SMILES string of the molecule is Cc1cc(CNCC(C)(O)CN(C)C)nc(N2CCCCC2)n1. The van der Waals surface area contributed by atoms with E-state index < -0.39 is 5.60 Å². The van der Waals surface area contributed by atoms with E-state index in [1.807, 2.05) is 38.9 Å². The monoisotopic (exact) mass is 321 g/mol. The Morgan fingerprint density at radius 3 is 2.61 bits per heavy atom. The molecule has 23 heavy (non-hydrogen) atoms. The quantitative estimate of drug-likeness (QED) is 0.786. The van der Waals surface area contributed by atoms with Crippen molar-refractivity contribution in [1.82, 2.24) is 20.2 Å². The number of nitrogens with one attached hydrogen (secondary N) is 1. The molecule has 0 aromatic carbocycles. The van der Waals surface area contributed by atoms with Crippen LogP contribution in [0.25, 0.3) is 0 Å². The molecule has 0 saturated carbocycles. The summed E-state index contributed by atoms with van der Waals surface area (Å²) in [6.45, 7) is 7.77. The maximum atomic E-state index is 10.3. The molecule has 0 radical (unpaired) electrons. The zero-order valence-electron chi connectivity index (χ0n) is 15.0. The molecule has 1 atom stereocenters. The van der Waals surface area contributed by atoms with Gasteiger partial charge in [-0.15, -0.1) is 0 Å². The molecule has 1 aliphatic heterocycles. The number of rotatable bonds is 7. The first-order valence-corrected chi connectivity index (χ1v) is 8.53. The van der Waals surface area contributed by atoms with Crippen LogP contribution in [0.2, 0.25) is 0 Å². The Morgan fingerprint density at radius 2 is 1.96 bits per heavy atom. The second-order valence-corrected chi connectivity index (χ2v) is 7.19. The topological polar surface area (TPSA) is 64.5 Å². The van der Waals surface area contributed by atoms with Gasteiger partial charge in [0, 0.05) is 38.4 Å². The lowest BCUT2D eigenvalue weighted by molar-refractivity contribution is 0.0335. The number of anilines is 1. The van der Waals surface area contributed by atoms with Gasteiger partial charge in [-0.05, 0) is 53.3 Å². The number of likely N-dealkylation sites (N-methyl/N-ethyl adjacent to an activating group) is 1. The van der Waals surface area contributed by atoms with Crippen LogP contribution < -0.4 is 10.2 Å². The van der Waals surface area contributed by atoms with Crippen LogP contribution in [-0.4, -0.2) is 65.8 Å². The molecule has 2 N–H and O–H groups in total. The summed E-state index contributed by atoms with van der Waals surface area (Å²) >= 11 is 0. The molecule has 1 aromatic heterocycles. The number of aromatic nitrogens is 2. The standard InChI is InChI=1S/C17H31N5O/c1-14-10-15(11-18-12-17(2,23)13-21(3)4)20-16(19-14)22-8-6-5-7-9-22/h10,18,23H,5-9,11-13H2,1-4H3. The number of piperidine rings is 1. The Kier molecular flexibility index (Phi) is 6.33. The van der Waals surface area contributed by atoms with Crippen molar-refractivity contribution < 1.29 is 5.11 Å². The molecule has 2 heterocycles. The lowest BCUT2D eigenvalue weighted by atomic mass is 10.1. The molecule has 1 unspecified atom stereocenters. The highest BCUT2D eigenvalue weighted by molar-refractivity contribution is 5.32. The Hall–Kier alpha value is -1.24. The van der Waals surface area contributed by atoms with Crippen molar-refractivity contribution in [3.8, 4) is 0 Å². The molecule has 0 spiro atoms. The van der Waals surface area contributed by atoms with Gasteiger partial charge in [-0.3, -0.25) is 0 Å². The minimum absolute atomic E-state index is 0.535. The fourth-order valence-corrected chi connectivity index (χ4v) is 3.14. The molecule has 6 heteroatoms. The van der Waals surface area contributed by atoms with Gasteiger partial charge in [0.25, 0.3) is 0 Å². The van der Waals surface area contributed by atoms with E-state index in [0.29, 0.717) is 19.6 Å². The van der Waals surface area contributed by atoms with Gasteiger partial charge in [0.05, 0.1) is 11.3 Å². The smallest absolute Gasteiger partial charge is 0.225 e. The molecule has 0 aliphatic carbocycles. The molecular weight excluding hydrogens is 290 g/mol. The Balaban J connectivity index is 1.93. The third-order valence-corrected chi connectivity index (χ3v) is 4.00. The van der Waals surface area contributed by atoms with E-state index in [9.17, 15) is 5.11 Å². The van der Waals surface area contributed by atoms with Crippen LogP contribution in [-0.2, 0) is 6.54 Å². The van der Waals surface area contributed by atoms with Crippen molar-refractivity contribution in [3.63, 3.8) is 0 Å². The normalized spacial score (nSPS) is 18.3. The molecular formula is C17H31N5O. The molecule has 130 valence electrons. The maximum Gasteiger partial charge on any atom is 0.225 e. The lowest BCUT2D eigenvalue weighted by Gasteiger charge is -2.28. The molecule has 1 saturated heterocycles. The summed E-state index contributed by atoms with van der Waals surface area (Å²) in [6.07, 6.45) is 3.74. The van der Waals surface area contributed by atoms with Gasteiger partial charge >= 0.3 is 0 Å². The van der Waals surface area contributed by atoms with E-state index in [-0.39, 0.29) is 0 Å². The molecule has 6 nitrogen and oxygen atoms in total. The van der Waals surface area contributed by atoms with Crippen LogP contribution in [0.3, 0.4) is 0 Å². The third kappa shape index (κ3) is 6.05. The number of hydrogen-bond acceptors (Lipinski definition) is 6. The van der Waals surface area contributed by atoms with Crippen molar-refractivity contribution in [2.24, 2.45) is 0 Å². The van der Waals surface area contributed by atoms with Gasteiger partial charge in [-0.1, -0.05) is 0 Å². The van der Waals surface area contributed by atoms with Crippen molar-refractivity contribution >= 4 is 5.95 Å². The van der Waals surface area contributed by atoms with Crippen LogP contribution in [0.5, 0.6) is 0 Å². The van der Waals surface area contributed by atoms with E-state index in [2.05, 4.69) is 15.2 Å². The zero-order valence-corrected chi connectivity index (χ0v) is 15.0. The second kappa shape index (κ2) is 8.04. The van der Waals surface area contributed by atoms with E-state index in [1.165, 1.54) is 19.3 Å². The minimum Gasteiger partial charge on any atom is -0.388 e. The van der Waals surface area contributed by atoms with Crippen LogP contribution in [0.1, 0.15) is 37.6 Å². The Morgan fingerprint density at radius 1 is 1.26 bits per heavy atom. The zero-order chi connectivity index (χ0) is 16.9. The largest absolute Gasteiger partial charge is 0.388 e. The molecule has 0 bridgehead atoms. The van der Waals surface area contributed by atoms with Gasteiger partial charge < -0.3 is 20.2 Å². The molecule has 1 fully saturated rings. The predicted molar refractivity (Wildman–Crippen MR) is 93.7 cm³/mol. The summed E-state index contributed by atoms with van der Waals surface area (Å²) < 4.78 is 0. The van der Waals surface area contributed by atoms with E-state index in [1.54, 1.807) is 0 Å². The summed E-state index contributed by atoms with van der Waals surface area (Å²) in [4.78, 5) is 13.6. The first kappa shape index (κ1) is 18.1. The van der Waals surface area contributed by atoms with Crippen LogP contribution in [0.4, 0.5) is 5.95 Å². The molecule has 0 amide bonds. The first-order valence-electron chi connectivity index (χ1n) is 8.53. The summed E-state index contributed by atoms with van der Waals surface area (Å²) in [6, 6.07) is 2.01. The van der Waals surface area contributed by atoms with Crippen molar-refractivity contribution in [1.29, 1.82) is 0 Å². The highest BCUT2D eigenvalue weighted by Gasteiger charge is 2.21. The molecule has 2 rings (SSSR count). The maximum absolute atomic E-state index is 10.3. The van der Waals surface area contributed by atoms with Gasteiger partial charge in [0.15, 0.2) is 0 Å². The highest BCUT2D eigenvalue weighted by atomic mass is 16.3. The van der Waals surface area contributed by atoms with Crippen LogP contribution in [0.15, 0.2) is 6.07 Å². The number of aliphatic hydroxyl groups is 1. The summed E-state index contributed by atoms with van der Waals surface area (Å²) in [5, 5.41) is 13.6. The Labute approximate surface area is 139 Å². The van der Waals surface area contributed by atoms with E-state index in [0.717, 1.165) is 30.4 Å². The minimum atomic E-state index is -0.749. The molecule has 1 aliphatic rings. The summed E-state index contributed by atoms with van der Waals surface area (Å²) in [5.41, 5.74) is 1.23. The number of nitrogens with zero attached hydrogens (tertiary/aromatic N) is 4. The first-order chi connectivity index (χ1) is 10.9. The van der Waals surface area contributed by atoms with E-state index >= 15 is 0 Å². The van der Waals surface area contributed by atoms with Crippen molar-refractivity contribution in [2.75, 3.05) is 45.2 Å². The average molecular weight is 321 g/mol. The van der Waals surface area contributed by atoms with Gasteiger partial charge in [0.2, 0.25) is 5.95 Å².